The molecule has 4 nitrogen and oxygen atoms in total. The van der Waals surface area contributed by atoms with Gasteiger partial charge in [-0.3, -0.25) is 10.1 Å². The third-order valence-electron chi connectivity index (χ3n) is 3.82. The Balaban J connectivity index is 2.22. The fraction of sp³-hybridized carbons (Fsp3) is 0.333. The summed E-state index contributed by atoms with van der Waals surface area (Å²) < 4.78 is 44.2. The van der Waals surface area contributed by atoms with Gasteiger partial charge in [0, 0.05) is 5.56 Å². The van der Waals surface area contributed by atoms with E-state index in [9.17, 15) is 18.0 Å². The lowest BCUT2D eigenvalue weighted by Gasteiger charge is -2.15. The molecule has 0 aliphatic rings. The number of halogens is 3. The number of amidine groups is 1. The molecule has 28 heavy (non-hydrogen) atoms. The Morgan fingerprint density at radius 2 is 1.75 bits per heavy atom. The number of nitrogens with zero attached hydrogens (tertiary/aromatic N) is 1. The largest absolute Gasteiger partial charge is 0.465 e. The molecule has 0 aromatic heterocycles. The van der Waals surface area contributed by atoms with Gasteiger partial charge in [0.25, 0.3) is 11.9 Å². The second-order valence-electron chi connectivity index (χ2n) is 6.76. The van der Waals surface area contributed by atoms with Crippen molar-refractivity contribution in [2.75, 3.05) is 6.61 Å². The second-order valence-corrected chi connectivity index (χ2v) is 6.76. The molecular formula is C21H23F3N2O2. The van der Waals surface area contributed by atoms with Crippen LogP contribution in [-0.2, 0) is 10.9 Å². The maximum absolute atomic E-state index is 12.9. The quantitative estimate of drug-likeness (QED) is 0.560. The molecule has 0 aliphatic heterocycles. The molecular weight excluding hydrogens is 369 g/mol. The number of rotatable bonds is 5. The van der Waals surface area contributed by atoms with Gasteiger partial charge in [-0.15, -0.1) is 0 Å². The van der Waals surface area contributed by atoms with Crippen LogP contribution in [-0.4, -0.2) is 18.5 Å². The van der Waals surface area contributed by atoms with Crippen LogP contribution in [0.2, 0.25) is 0 Å². The first-order valence-electron chi connectivity index (χ1n) is 8.91. The summed E-state index contributed by atoms with van der Waals surface area (Å²) in [6.07, 6.45) is -4.52. The summed E-state index contributed by atoms with van der Waals surface area (Å²) in [6.45, 7) is 6.02. The van der Waals surface area contributed by atoms with Gasteiger partial charge in [0.2, 0.25) is 0 Å². The number of alkyl halides is 3. The van der Waals surface area contributed by atoms with E-state index >= 15 is 0 Å². The van der Waals surface area contributed by atoms with E-state index in [0.717, 1.165) is 17.7 Å². The first kappa shape index (κ1) is 21.5. The van der Waals surface area contributed by atoms with Crippen molar-refractivity contribution < 1.29 is 22.7 Å². The Hall–Kier alpha value is -2.83. The minimum Gasteiger partial charge on any atom is -0.465 e. The highest BCUT2D eigenvalue weighted by Crippen LogP contribution is 2.29. The normalized spacial score (nSPS) is 13.3. The minimum atomic E-state index is -4.52. The van der Waals surface area contributed by atoms with Crippen molar-refractivity contribution in [2.45, 2.75) is 33.0 Å². The lowest BCUT2D eigenvalue weighted by Crippen LogP contribution is -2.34. The molecule has 0 aliphatic carbocycles. The summed E-state index contributed by atoms with van der Waals surface area (Å²) in [6, 6.07) is 13.3. The van der Waals surface area contributed by atoms with Crippen molar-refractivity contribution in [1.29, 1.82) is 0 Å². The molecule has 1 N–H and O–H groups in total. The van der Waals surface area contributed by atoms with Crippen LogP contribution in [0.25, 0.3) is 0 Å². The molecule has 1 atom stereocenters. The van der Waals surface area contributed by atoms with Gasteiger partial charge in [-0.05, 0) is 36.6 Å². The lowest BCUT2D eigenvalue weighted by molar-refractivity contribution is -0.137. The van der Waals surface area contributed by atoms with Gasteiger partial charge in [0.1, 0.15) is 0 Å². The Kier molecular flexibility index (Phi) is 7.20. The summed E-state index contributed by atoms with van der Waals surface area (Å²) in [4.78, 5) is 16.9. The molecule has 150 valence electrons. The number of hydrogen-bond acceptors (Lipinski definition) is 3. The zero-order valence-corrected chi connectivity index (χ0v) is 16.0. The van der Waals surface area contributed by atoms with E-state index in [-0.39, 0.29) is 23.5 Å². The topological polar surface area (TPSA) is 50.7 Å². The maximum Gasteiger partial charge on any atom is 0.416 e. The van der Waals surface area contributed by atoms with E-state index in [2.05, 4.69) is 10.3 Å². The highest BCUT2D eigenvalue weighted by atomic mass is 19.4. The highest BCUT2D eigenvalue weighted by molar-refractivity contribution is 6.04. The van der Waals surface area contributed by atoms with E-state index in [4.69, 9.17) is 4.74 Å². The summed E-state index contributed by atoms with van der Waals surface area (Å²) in [7, 11) is 0. The molecule has 0 saturated carbocycles. The Morgan fingerprint density at radius 3 is 2.36 bits per heavy atom. The number of nitrogens with one attached hydrogen (secondary N) is 1. The van der Waals surface area contributed by atoms with Crippen molar-refractivity contribution in [3.63, 3.8) is 0 Å². The van der Waals surface area contributed by atoms with E-state index in [1.165, 1.54) is 12.1 Å². The predicted octanol–water partition coefficient (Wildman–Crippen LogP) is 5.23. The fourth-order valence-electron chi connectivity index (χ4n) is 2.34. The molecule has 0 unspecified atom stereocenters. The number of amides is 1. The summed E-state index contributed by atoms with van der Waals surface area (Å²) in [5.74, 6) is -0.531. The molecule has 2 aromatic rings. The smallest absolute Gasteiger partial charge is 0.416 e. The molecule has 2 rings (SSSR count). The molecule has 0 fully saturated rings. The van der Waals surface area contributed by atoms with E-state index in [1.807, 2.05) is 51.1 Å². The highest BCUT2D eigenvalue weighted by Gasteiger charge is 2.31. The molecule has 1 amide bonds. The summed E-state index contributed by atoms with van der Waals surface area (Å²) in [5.41, 5.74) is -0.0936. The third kappa shape index (κ3) is 6.40. The first-order valence-corrected chi connectivity index (χ1v) is 8.91. The number of hydrogen-bond donors (Lipinski definition) is 1. The third-order valence-corrected chi connectivity index (χ3v) is 3.82. The Labute approximate surface area is 162 Å². The van der Waals surface area contributed by atoms with Crippen LogP contribution in [0.3, 0.4) is 0 Å². The van der Waals surface area contributed by atoms with Gasteiger partial charge in [0.05, 0.1) is 18.2 Å². The standard InChI is InChI=1S/C21H23F3N2O2/c1-14(2)13-28-20(25-15(3)16-8-5-4-6-9-16)26-19(27)17-10-7-11-18(12-17)21(22,23)24/h4-12,14-15H,13H2,1-3H3,(H,25,26,27)/t15-/m0/s1. The van der Waals surface area contributed by atoms with Crippen LogP contribution in [0.4, 0.5) is 13.2 Å². The summed E-state index contributed by atoms with van der Waals surface area (Å²) >= 11 is 0. The van der Waals surface area contributed by atoms with Crippen molar-refractivity contribution in [3.8, 4) is 0 Å². The van der Waals surface area contributed by atoms with Crippen molar-refractivity contribution >= 4 is 11.9 Å². The second kappa shape index (κ2) is 9.39. The Morgan fingerprint density at radius 1 is 1.07 bits per heavy atom. The van der Waals surface area contributed by atoms with Gasteiger partial charge >= 0.3 is 6.18 Å². The van der Waals surface area contributed by atoms with Gasteiger partial charge in [0.15, 0.2) is 0 Å². The van der Waals surface area contributed by atoms with Crippen LogP contribution in [0.5, 0.6) is 0 Å². The summed E-state index contributed by atoms with van der Waals surface area (Å²) in [5, 5.41) is 2.49. The van der Waals surface area contributed by atoms with E-state index in [1.54, 1.807) is 0 Å². The van der Waals surface area contributed by atoms with Gasteiger partial charge in [-0.1, -0.05) is 50.2 Å². The van der Waals surface area contributed by atoms with Gasteiger partial charge in [-0.2, -0.15) is 13.2 Å². The number of aliphatic imine (C=N–C) groups is 1. The van der Waals surface area contributed by atoms with Crippen molar-refractivity contribution in [2.24, 2.45) is 10.9 Å². The molecule has 0 spiro atoms. The molecule has 2 aromatic carbocycles. The van der Waals surface area contributed by atoms with Gasteiger partial charge < -0.3 is 4.74 Å². The molecule has 7 heteroatoms. The zero-order chi connectivity index (χ0) is 20.7. The van der Waals surface area contributed by atoms with Crippen LogP contribution >= 0.6 is 0 Å². The lowest BCUT2D eigenvalue weighted by atomic mass is 10.1. The zero-order valence-electron chi connectivity index (χ0n) is 16.0. The van der Waals surface area contributed by atoms with E-state index in [0.29, 0.717) is 6.61 Å². The SMILES string of the molecule is CC(C)COC(=N[C@@H](C)c1ccccc1)NC(=O)c1cccc(C(F)(F)F)c1. The number of carbonyl (C=O) groups excluding carboxylic acids is 1. The van der Waals surface area contributed by atoms with Crippen LogP contribution in [0.15, 0.2) is 59.6 Å². The average Bonchev–Trinajstić information content (AvgIpc) is 2.66. The van der Waals surface area contributed by atoms with Crippen LogP contribution in [0.1, 0.15) is 48.3 Å². The Bertz CT molecular complexity index is 818. The number of benzene rings is 2. The minimum absolute atomic E-state index is 0.0209. The van der Waals surface area contributed by atoms with Crippen LogP contribution < -0.4 is 5.32 Å². The molecule has 0 bridgehead atoms. The van der Waals surface area contributed by atoms with Crippen molar-refractivity contribution in [1.82, 2.24) is 5.32 Å². The predicted molar refractivity (Wildman–Crippen MR) is 102 cm³/mol. The molecule has 0 saturated heterocycles. The number of ether oxygens (including phenoxy) is 1. The first-order chi connectivity index (χ1) is 13.2. The average molecular weight is 392 g/mol. The fourth-order valence-corrected chi connectivity index (χ4v) is 2.34. The van der Waals surface area contributed by atoms with Crippen LogP contribution in [0, 0.1) is 5.92 Å². The molecule has 0 heterocycles. The number of carbonyl (C=O) groups is 1. The van der Waals surface area contributed by atoms with Gasteiger partial charge in [-0.25, -0.2) is 4.99 Å². The molecule has 0 radical (unpaired) electrons. The monoisotopic (exact) mass is 392 g/mol. The van der Waals surface area contributed by atoms with Crippen molar-refractivity contribution in [3.05, 3.63) is 71.3 Å². The van der Waals surface area contributed by atoms with E-state index < -0.39 is 17.6 Å². The maximum atomic E-state index is 12.9.